The van der Waals surface area contributed by atoms with E-state index in [4.69, 9.17) is 0 Å². The first-order valence-corrected chi connectivity index (χ1v) is 8.96. The molecule has 0 spiro atoms. The summed E-state index contributed by atoms with van der Waals surface area (Å²) in [4.78, 5) is 12.2. The molecule has 1 aliphatic carbocycles. The summed E-state index contributed by atoms with van der Waals surface area (Å²) >= 11 is 3.53. The second kappa shape index (κ2) is 7.74. The van der Waals surface area contributed by atoms with Crippen molar-refractivity contribution in [2.75, 3.05) is 6.54 Å². The molecule has 24 heavy (non-hydrogen) atoms. The fourth-order valence-electron chi connectivity index (χ4n) is 3.06. The molecule has 0 aliphatic heterocycles. The van der Waals surface area contributed by atoms with E-state index in [-0.39, 0.29) is 12.1 Å². The van der Waals surface area contributed by atoms with Crippen molar-refractivity contribution in [3.05, 3.63) is 39.6 Å². The van der Waals surface area contributed by atoms with E-state index < -0.39 is 0 Å². The van der Waals surface area contributed by atoms with E-state index >= 15 is 0 Å². The predicted molar refractivity (Wildman–Crippen MR) is 93.5 cm³/mol. The van der Waals surface area contributed by atoms with Gasteiger partial charge in [0.2, 0.25) is 0 Å². The van der Waals surface area contributed by atoms with Crippen LogP contribution in [0.25, 0.3) is 0 Å². The quantitative estimate of drug-likeness (QED) is 0.781. The number of aryl methyl sites for hydroxylation is 2. The summed E-state index contributed by atoms with van der Waals surface area (Å²) in [5, 5.41) is 17.3. The van der Waals surface area contributed by atoms with Crippen molar-refractivity contribution < 1.29 is 4.79 Å². The Kier molecular flexibility index (Phi) is 5.44. The van der Waals surface area contributed by atoms with Crippen molar-refractivity contribution in [1.82, 2.24) is 30.8 Å². The van der Waals surface area contributed by atoms with Gasteiger partial charge >= 0.3 is 6.03 Å². The highest BCUT2D eigenvalue weighted by molar-refractivity contribution is 9.10. The molecule has 2 amide bonds. The molecule has 1 aromatic carbocycles. The molecule has 2 N–H and O–H groups in total. The number of hydrogen-bond acceptors (Lipinski definition) is 4. The van der Waals surface area contributed by atoms with E-state index in [9.17, 15) is 4.79 Å². The minimum absolute atomic E-state index is 0.0621. The number of carbonyl (C=O) groups excluding carboxylic acids is 1. The average molecular weight is 393 g/mol. The smallest absolute Gasteiger partial charge is 0.315 e. The van der Waals surface area contributed by atoms with E-state index in [2.05, 4.69) is 54.2 Å². The summed E-state index contributed by atoms with van der Waals surface area (Å²) in [6, 6.07) is 6.23. The first-order valence-electron chi connectivity index (χ1n) is 8.17. The van der Waals surface area contributed by atoms with Crippen molar-refractivity contribution >= 4 is 22.0 Å². The maximum Gasteiger partial charge on any atom is 0.315 e. The van der Waals surface area contributed by atoms with Crippen LogP contribution in [0.2, 0.25) is 0 Å². The van der Waals surface area contributed by atoms with Crippen LogP contribution < -0.4 is 10.6 Å². The first-order chi connectivity index (χ1) is 11.6. The lowest BCUT2D eigenvalue weighted by atomic mass is 9.99. The van der Waals surface area contributed by atoms with Crippen LogP contribution in [0.4, 0.5) is 4.79 Å². The Balaban J connectivity index is 1.57. The maximum atomic E-state index is 12.2. The van der Waals surface area contributed by atoms with Crippen molar-refractivity contribution in [2.45, 2.75) is 38.1 Å². The van der Waals surface area contributed by atoms with Crippen LogP contribution in [0, 0.1) is 0 Å². The number of hydrogen-bond donors (Lipinski definition) is 2. The third-order valence-corrected chi connectivity index (χ3v) is 4.81. The van der Waals surface area contributed by atoms with Crippen LogP contribution in [0.5, 0.6) is 0 Å². The Hall–Kier alpha value is -1.96. The van der Waals surface area contributed by atoms with Gasteiger partial charge in [0.1, 0.15) is 0 Å². The Labute approximate surface area is 149 Å². The number of aromatic nitrogens is 4. The van der Waals surface area contributed by atoms with Crippen LogP contribution in [-0.2, 0) is 19.9 Å². The minimum Gasteiger partial charge on any atom is -0.338 e. The number of halogens is 1. The molecule has 0 saturated carbocycles. The van der Waals surface area contributed by atoms with E-state index in [1.54, 1.807) is 11.7 Å². The number of fused-ring (bicyclic) bond motifs is 1. The molecule has 0 bridgehead atoms. The van der Waals surface area contributed by atoms with Gasteiger partial charge in [-0.15, -0.1) is 5.10 Å². The molecular weight excluding hydrogens is 372 g/mol. The van der Waals surface area contributed by atoms with Gasteiger partial charge in [0, 0.05) is 24.5 Å². The van der Waals surface area contributed by atoms with E-state index in [1.807, 2.05) is 6.07 Å². The predicted octanol–water partition coefficient (Wildman–Crippen LogP) is 2.28. The van der Waals surface area contributed by atoms with Crippen LogP contribution in [-0.4, -0.2) is 32.8 Å². The van der Waals surface area contributed by atoms with Gasteiger partial charge in [-0.1, -0.05) is 28.4 Å². The summed E-state index contributed by atoms with van der Waals surface area (Å²) in [6.07, 6.45) is 4.90. The molecule has 1 aliphatic rings. The van der Waals surface area contributed by atoms with Crippen molar-refractivity contribution in [1.29, 1.82) is 0 Å². The third-order valence-electron chi connectivity index (χ3n) is 4.32. The van der Waals surface area contributed by atoms with Gasteiger partial charge in [-0.2, -0.15) is 0 Å². The van der Waals surface area contributed by atoms with Crippen molar-refractivity contribution in [3.8, 4) is 0 Å². The van der Waals surface area contributed by atoms with Crippen LogP contribution in [0.15, 0.2) is 22.7 Å². The third kappa shape index (κ3) is 4.11. The summed E-state index contributed by atoms with van der Waals surface area (Å²) in [7, 11) is 1.79. The van der Waals surface area contributed by atoms with Gasteiger partial charge in [0.25, 0.3) is 0 Å². The molecule has 0 radical (unpaired) electrons. The van der Waals surface area contributed by atoms with Gasteiger partial charge < -0.3 is 10.6 Å². The average Bonchev–Trinajstić information content (AvgIpc) is 2.85. The zero-order valence-corrected chi connectivity index (χ0v) is 15.2. The highest BCUT2D eigenvalue weighted by Gasteiger charge is 2.20. The zero-order chi connectivity index (χ0) is 16.9. The zero-order valence-electron chi connectivity index (χ0n) is 13.6. The second-order valence-electron chi connectivity index (χ2n) is 6.01. The van der Waals surface area contributed by atoms with Gasteiger partial charge in [-0.25, -0.2) is 9.48 Å². The van der Waals surface area contributed by atoms with Gasteiger partial charge in [-0.05, 0) is 52.9 Å². The standard InChI is InChI=1S/C16H21BrN6O/c1-23-15(20-21-22-23)8-9-18-16(24)19-14-5-3-2-4-11-10-12(17)6-7-13(11)14/h6-7,10,14H,2-5,8-9H2,1H3,(H2,18,19,24). The highest BCUT2D eigenvalue weighted by atomic mass is 79.9. The molecule has 8 heteroatoms. The largest absolute Gasteiger partial charge is 0.338 e. The Morgan fingerprint density at radius 2 is 2.29 bits per heavy atom. The number of nitrogens with zero attached hydrogens (tertiary/aromatic N) is 4. The molecule has 2 aromatic rings. The fraction of sp³-hybridized carbons (Fsp3) is 0.500. The summed E-state index contributed by atoms with van der Waals surface area (Å²) in [5.41, 5.74) is 2.54. The lowest BCUT2D eigenvalue weighted by Gasteiger charge is -2.20. The van der Waals surface area contributed by atoms with E-state index in [0.29, 0.717) is 13.0 Å². The topological polar surface area (TPSA) is 84.7 Å². The van der Waals surface area contributed by atoms with Gasteiger partial charge in [-0.3, -0.25) is 0 Å². The Bertz CT molecular complexity index is 716. The molecule has 128 valence electrons. The lowest BCUT2D eigenvalue weighted by molar-refractivity contribution is 0.236. The normalized spacial score (nSPS) is 17.0. The lowest BCUT2D eigenvalue weighted by Crippen LogP contribution is -2.39. The van der Waals surface area contributed by atoms with Crippen LogP contribution in [0.3, 0.4) is 0 Å². The monoisotopic (exact) mass is 392 g/mol. The van der Waals surface area contributed by atoms with Crippen LogP contribution >= 0.6 is 15.9 Å². The molecular formula is C16H21BrN6O. The second-order valence-corrected chi connectivity index (χ2v) is 6.93. The van der Waals surface area contributed by atoms with Gasteiger partial charge in [0.05, 0.1) is 6.04 Å². The molecule has 0 saturated heterocycles. The number of nitrogens with one attached hydrogen (secondary N) is 2. The minimum atomic E-state index is -0.147. The molecule has 7 nitrogen and oxygen atoms in total. The molecule has 1 atom stereocenters. The first kappa shape index (κ1) is 16.9. The number of tetrazole rings is 1. The molecule has 1 aromatic heterocycles. The maximum absolute atomic E-state index is 12.2. The molecule has 3 rings (SSSR count). The van der Waals surface area contributed by atoms with Crippen LogP contribution in [0.1, 0.15) is 42.3 Å². The van der Waals surface area contributed by atoms with E-state index in [0.717, 1.165) is 36.0 Å². The summed E-state index contributed by atoms with van der Waals surface area (Å²) in [5.74, 6) is 0.750. The number of rotatable bonds is 4. The molecule has 1 heterocycles. The summed E-state index contributed by atoms with van der Waals surface area (Å²) < 4.78 is 2.70. The summed E-state index contributed by atoms with van der Waals surface area (Å²) in [6.45, 7) is 0.500. The van der Waals surface area contributed by atoms with Crippen molar-refractivity contribution in [2.24, 2.45) is 7.05 Å². The van der Waals surface area contributed by atoms with Gasteiger partial charge in [0.15, 0.2) is 5.82 Å². The Morgan fingerprint density at radius 1 is 1.42 bits per heavy atom. The molecule has 1 unspecified atom stereocenters. The molecule has 0 fully saturated rings. The van der Waals surface area contributed by atoms with E-state index in [1.165, 1.54) is 11.1 Å². The van der Waals surface area contributed by atoms with Crippen molar-refractivity contribution in [3.63, 3.8) is 0 Å². The SMILES string of the molecule is Cn1nnnc1CCNC(=O)NC1CCCCc2cc(Br)ccc21. The number of urea groups is 1. The fourth-order valence-corrected chi connectivity index (χ4v) is 3.47. The number of amides is 2. The highest BCUT2D eigenvalue weighted by Crippen LogP contribution is 2.30. The number of benzene rings is 1. The Morgan fingerprint density at radius 3 is 3.08 bits per heavy atom. The number of carbonyl (C=O) groups is 1.